The molecule has 2 unspecified atom stereocenters. The van der Waals surface area contributed by atoms with E-state index >= 15 is 0 Å². The molecule has 1 amide bonds. The Hall–Kier alpha value is -0.780. The highest BCUT2D eigenvalue weighted by molar-refractivity contribution is 7.99. The third-order valence-corrected chi connectivity index (χ3v) is 8.99. The molecule has 5 fully saturated rings. The monoisotopic (exact) mass is 420 g/mol. The van der Waals surface area contributed by atoms with Gasteiger partial charge in [-0.15, -0.1) is 11.8 Å². The van der Waals surface area contributed by atoms with Crippen LogP contribution in [0.15, 0.2) is 17.2 Å². The Balaban J connectivity index is 1.33. The van der Waals surface area contributed by atoms with Crippen LogP contribution >= 0.6 is 23.4 Å². The van der Waals surface area contributed by atoms with Gasteiger partial charge in [0.2, 0.25) is 0 Å². The van der Waals surface area contributed by atoms with Gasteiger partial charge in [-0.05, 0) is 74.8 Å². The predicted molar refractivity (Wildman–Crippen MR) is 112 cm³/mol. The normalized spacial score (nSPS) is 37.2. The molecule has 0 radical (unpaired) electrons. The Morgan fingerprint density at radius 3 is 2.54 bits per heavy atom. The van der Waals surface area contributed by atoms with Crippen molar-refractivity contribution in [2.24, 2.45) is 17.8 Å². The number of pyridine rings is 1. The summed E-state index contributed by atoms with van der Waals surface area (Å²) < 4.78 is 0. The van der Waals surface area contributed by atoms with E-state index in [1.54, 1.807) is 17.8 Å². The van der Waals surface area contributed by atoms with Gasteiger partial charge in [0, 0.05) is 11.3 Å². The van der Waals surface area contributed by atoms with Crippen LogP contribution in [0.4, 0.5) is 0 Å². The van der Waals surface area contributed by atoms with Crippen LogP contribution in [0.25, 0.3) is 0 Å². The zero-order valence-corrected chi connectivity index (χ0v) is 17.8. The minimum Gasteiger partial charge on any atom is -0.390 e. The number of carbonyl (C=O) groups excluding carboxylic acids is 1. The standard InChI is InChI=1S/C22H29ClN2O2S/c23-18-7-6-17(21(24-18)28-16-4-2-1-3-5-16)20(26)25-19-14-8-13-9-15(19)12-22(27,10-13)11-14/h6-7,13-16,19,27H,1-5,8-12H2,(H,25,26)/t13?,14?,15?,19-,22+. The summed E-state index contributed by atoms with van der Waals surface area (Å²) in [7, 11) is 0. The molecule has 0 saturated heterocycles. The van der Waals surface area contributed by atoms with Gasteiger partial charge in [0.05, 0.1) is 11.2 Å². The van der Waals surface area contributed by atoms with Crippen LogP contribution in [-0.4, -0.2) is 32.9 Å². The quantitative estimate of drug-likeness (QED) is 0.685. The molecule has 0 aromatic carbocycles. The zero-order valence-electron chi connectivity index (χ0n) is 16.2. The van der Waals surface area contributed by atoms with Gasteiger partial charge < -0.3 is 10.4 Å². The van der Waals surface area contributed by atoms with Gasteiger partial charge in [0.15, 0.2) is 0 Å². The lowest BCUT2D eigenvalue weighted by atomic mass is 9.52. The first-order valence-electron chi connectivity index (χ1n) is 10.9. The molecule has 28 heavy (non-hydrogen) atoms. The van der Waals surface area contributed by atoms with E-state index in [1.807, 2.05) is 6.07 Å². The molecular weight excluding hydrogens is 392 g/mol. The van der Waals surface area contributed by atoms with Crippen molar-refractivity contribution in [3.05, 3.63) is 22.8 Å². The number of rotatable bonds is 4. The first kappa shape index (κ1) is 19.2. The number of aromatic nitrogens is 1. The van der Waals surface area contributed by atoms with Gasteiger partial charge >= 0.3 is 0 Å². The fourth-order valence-corrected chi connectivity index (χ4v) is 7.99. The Morgan fingerprint density at radius 1 is 1.14 bits per heavy atom. The van der Waals surface area contributed by atoms with Crippen molar-refractivity contribution in [3.63, 3.8) is 0 Å². The Bertz CT molecular complexity index is 751. The summed E-state index contributed by atoms with van der Waals surface area (Å²) in [6.07, 6.45) is 11.1. The van der Waals surface area contributed by atoms with Crippen LogP contribution in [0.2, 0.25) is 5.15 Å². The molecule has 152 valence electrons. The minimum absolute atomic E-state index is 0.0214. The van der Waals surface area contributed by atoms with E-state index in [2.05, 4.69) is 10.3 Å². The Kier molecular flexibility index (Phi) is 5.13. The highest BCUT2D eigenvalue weighted by Crippen LogP contribution is 2.55. The summed E-state index contributed by atoms with van der Waals surface area (Å²) in [6, 6.07) is 3.74. The second-order valence-electron chi connectivity index (χ2n) is 9.56. The van der Waals surface area contributed by atoms with E-state index in [0.29, 0.717) is 33.7 Å². The number of hydrogen-bond donors (Lipinski definition) is 2. The second-order valence-corrected chi connectivity index (χ2v) is 11.2. The summed E-state index contributed by atoms with van der Waals surface area (Å²) in [5.41, 5.74) is 0.189. The topological polar surface area (TPSA) is 62.2 Å². The molecule has 1 heterocycles. The van der Waals surface area contributed by atoms with Crippen molar-refractivity contribution < 1.29 is 9.90 Å². The third-order valence-electron chi connectivity index (χ3n) is 7.44. The number of nitrogens with one attached hydrogen (secondary N) is 1. The molecule has 5 saturated carbocycles. The molecule has 1 aromatic rings. The van der Waals surface area contributed by atoms with Crippen molar-refractivity contribution >= 4 is 29.3 Å². The average Bonchev–Trinajstić information content (AvgIpc) is 2.64. The van der Waals surface area contributed by atoms with Gasteiger partial charge in [-0.1, -0.05) is 30.9 Å². The number of nitrogens with zero attached hydrogens (tertiary/aromatic N) is 1. The lowest BCUT2D eigenvalue weighted by molar-refractivity contribution is -0.136. The molecule has 0 aliphatic heterocycles. The lowest BCUT2D eigenvalue weighted by Crippen LogP contribution is -2.61. The number of thioether (sulfide) groups is 1. The largest absolute Gasteiger partial charge is 0.390 e. The molecule has 4 bridgehead atoms. The molecule has 4 nitrogen and oxygen atoms in total. The first-order chi connectivity index (χ1) is 13.5. The number of amides is 1. The third kappa shape index (κ3) is 3.70. The maximum absolute atomic E-state index is 13.2. The summed E-state index contributed by atoms with van der Waals surface area (Å²) in [4.78, 5) is 17.7. The number of carbonyl (C=O) groups is 1. The summed E-state index contributed by atoms with van der Waals surface area (Å²) in [6.45, 7) is 0. The van der Waals surface area contributed by atoms with Gasteiger partial charge in [0.25, 0.3) is 5.91 Å². The van der Waals surface area contributed by atoms with E-state index < -0.39 is 5.60 Å². The predicted octanol–water partition coefficient (Wildman–Crippen LogP) is 4.83. The van der Waals surface area contributed by atoms with Gasteiger partial charge in [-0.3, -0.25) is 4.79 Å². The summed E-state index contributed by atoms with van der Waals surface area (Å²) >= 11 is 7.89. The number of hydrogen-bond acceptors (Lipinski definition) is 4. The van der Waals surface area contributed by atoms with Gasteiger partial charge in [-0.2, -0.15) is 0 Å². The molecule has 1 aromatic heterocycles. The SMILES string of the molecule is O=C(N[C@H]1C2CC3CC1C[C@@](O)(C3)C2)c1ccc(Cl)nc1SC1CCCCC1. The van der Waals surface area contributed by atoms with Crippen LogP contribution in [0.3, 0.4) is 0 Å². The highest BCUT2D eigenvalue weighted by atomic mass is 35.5. The number of aliphatic hydroxyl groups is 1. The van der Waals surface area contributed by atoms with Crippen LogP contribution in [0.5, 0.6) is 0 Å². The summed E-state index contributed by atoms with van der Waals surface area (Å²) in [5, 5.41) is 15.9. The van der Waals surface area contributed by atoms with Crippen molar-refractivity contribution in [1.82, 2.24) is 10.3 Å². The molecule has 5 aliphatic rings. The molecule has 0 spiro atoms. The van der Waals surface area contributed by atoms with Crippen molar-refractivity contribution in [2.45, 2.75) is 86.1 Å². The van der Waals surface area contributed by atoms with E-state index in [9.17, 15) is 9.90 Å². The van der Waals surface area contributed by atoms with Crippen LogP contribution in [0.1, 0.15) is 74.6 Å². The average molecular weight is 421 g/mol. The molecular formula is C22H29ClN2O2S. The van der Waals surface area contributed by atoms with Crippen LogP contribution in [-0.2, 0) is 0 Å². The van der Waals surface area contributed by atoms with E-state index in [4.69, 9.17) is 11.6 Å². The van der Waals surface area contributed by atoms with E-state index in [0.717, 1.165) is 37.1 Å². The van der Waals surface area contributed by atoms with Crippen LogP contribution in [0, 0.1) is 17.8 Å². The molecule has 6 rings (SSSR count). The molecule has 6 heteroatoms. The zero-order chi connectivity index (χ0) is 19.3. The Labute approximate surface area is 176 Å². The number of halogens is 1. The molecule has 2 atom stereocenters. The highest BCUT2D eigenvalue weighted by Gasteiger charge is 2.55. The maximum Gasteiger partial charge on any atom is 0.254 e. The van der Waals surface area contributed by atoms with E-state index in [1.165, 1.54) is 32.1 Å². The smallest absolute Gasteiger partial charge is 0.254 e. The Morgan fingerprint density at radius 2 is 1.86 bits per heavy atom. The van der Waals surface area contributed by atoms with Gasteiger partial charge in [-0.25, -0.2) is 4.98 Å². The fraction of sp³-hybridized carbons (Fsp3) is 0.727. The second kappa shape index (κ2) is 7.48. The molecule has 2 N–H and O–H groups in total. The van der Waals surface area contributed by atoms with Crippen LogP contribution < -0.4 is 5.32 Å². The van der Waals surface area contributed by atoms with Gasteiger partial charge in [0.1, 0.15) is 10.2 Å². The summed E-state index contributed by atoms with van der Waals surface area (Å²) in [5.74, 6) is 1.45. The van der Waals surface area contributed by atoms with Crippen molar-refractivity contribution in [1.29, 1.82) is 0 Å². The van der Waals surface area contributed by atoms with Crippen molar-refractivity contribution in [2.75, 3.05) is 0 Å². The van der Waals surface area contributed by atoms with E-state index in [-0.39, 0.29) is 11.9 Å². The first-order valence-corrected chi connectivity index (χ1v) is 12.1. The lowest BCUT2D eigenvalue weighted by Gasteiger charge is -2.58. The molecule has 5 aliphatic carbocycles. The maximum atomic E-state index is 13.2. The van der Waals surface area contributed by atoms with Crippen molar-refractivity contribution in [3.8, 4) is 0 Å². The fourth-order valence-electron chi connectivity index (χ4n) is 6.47. The minimum atomic E-state index is -0.471.